The minimum Gasteiger partial charge on any atom is -0.507 e. The molecule has 3 N–H and O–H groups in total. The van der Waals surface area contributed by atoms with Crippen LogP contribution in [0.3, 0.4) is 0 Å². The first-order chi connectivity index (χ1) is 19.7. The number of hydrogen-bond acceptors (Lipinski definition) is 5. The largest absolute Gasteiger partial charge is 0.507 e. The van der Waals surface area contributed by atoms with Crippen molar-refractivity contribution >= 4 is 29.7 Å². The summed E-state index contributed by atoms with van der Waals surface area (Å²) in [5.74, 6) is -0.869. The number of amides is 1. The van der Waals surface area contributed by atoms with Crippen molar-refractivity contribution in [1.29, 1.82) is 0 Å². The topological polar surface area (TPSA) is 109 Å². The highest BCUT2D eigenvalue weighted by molar-refractivity contribution is 5.94. The van der Waals surface area contributed by atoms with E-state index in [1.807, 2.05) is 74.5 Å². The van der Waals surface area contributed by atoms with E-state index in [0.29, 0.717) is 37.5 Å². The van der Waals surface area contributed by atoms with E-state index in [1.54, 1.807) is 19.9 Å². The molecule has 41 heavy (non-hydrogen) atoms. The van der Waals surface area contributed by atoms with E-state index in [0.717, 1.165) is 47.3 Å². The SMILES string of the molecule is CCC(CC)(CC(=O)Nc1cccc(C=Cc2cccc(COCCCCc3cc(C)c(O)c(C)c3)n2)c1)C(=O)O. The molecular formula is C34H42N2O5. The van der Waals surface area contributed by atoms with Crippen molar-refractivity contribution in [2.45, 2.75) is 72.8 Å². The fraction of sp³-hybridized carbons (Fsp3) is 0.382. The van der Waals surface area contributed by atoms with Crippen molar-refractivity contribution in [2.75, 3.05) is 11.9 Å². The summed E-state index contributed by atoms with van der Waals surface area (Å²) in [4.78, 5) is 29.0. The van der Waals surface area contributed by atoms with Crippen molar-refractivity contribution < 1.29 is 24.5 Å². The van der Waals surface area contributed by atoms with Gasteiger partial charge in [0.15, 0.2) is 0 Å². The zero-order valence-electron chi connectivity index (χ0n) is 24.6. The van der Waals surface area contributed by atoms with Gasteiger partial charge in [-0.05, 0) is 98.5 Å². The van der Waals surface area contributed by atoms with Crippen LogP contribution in [0.1, 0.15) is 79.6 Å². The van der Waals surface area contributed by atoms with Gasteiger partial charge in [0.2, 0.25) is 5.91 Å². The Kier molecular flexibility index (Phi) is 11.7. The zero-order chi connectivity index (χ0) is 29.8. The number of aromatic nitrogens is 1. The summed E-state index contributed by atoms with van der Waals surface area (Å²) >= 11 is 0. The minimum absolute atomic E-state index is 0.0635. The van der Waals surface area contributed by atoms with Gasteiger partial charge in [-0.3, -0.25) is 14.6 Å². The van der Waals surface area contributed by atoms with E-state index in [1.165, 1.54) is 5.56 Å². The summed E-state index contributed by atoms with van der Waals surface area (Å²) in [7, 11) is 0. The molecule has 7 heteroatoms. The molecule has 1 heterocycles. The summed E-state index contributed by atoms with van der Waals surface area (Å²) < 4.78 is 5.86. The normalized spacial score (nSPS) is 11.6. The molecular weight excluding hydrogens is 516 g/mol. The Morgan fingerprint density at radius 1 is 0.976 bits per heavy atom. The molecule has 7 nitrogen and oxygen atoms in total. The number of rotatable bonds is 15. The maximum absolute atomic E-state index is 12.6. The Bertz CT molecular complexity index is 1340. The summed E-state index contributed by atoms with van der Waals surface area (Å²) in [6.07, 6.45) is 7.47. The molecule has 218 valence electrons. The highest BCUT2D eigenvalue weighted by Crippen LogP contribution is 2.31. The van der Waals surface area contributed by atoms with Gasteiger partial charge in [-0.25, -0.2) is 0 Å². The van der Waals surface area contributed by atoms with E-state index in [2.05, 4.69) is 10.3 Å². The number of phenols is 1. The Balaban J connectivity index is 1.48. The summed E-state index contributed by atoms with van der Waals surface area (Å²) in [6.45, 7) is 8.55. The molecule has 2 aromatic carbocycles. The number of hydrogen-bond donors (Lipinski definition) is 3. The predicted molar refractivity (Wildman–Crippen MR) is 164 cm³/mol. The standard InChI is InChI=1S/C34H42N2O5/c1-5-34(6-2,33(39)40)22-31(37)36-29-14-9-12-26(21-29)16-17-28-13-10-15-30(35-28)23-41-18-8-7-11-27-19-24(3)32(38)25(4)20-27/h9-10,12-17,19-21,38H,5-8,11,18,22-23H2,1-4H3,(H,36,37)(H,39,40). The van der Waals surface area contributed by atoms with Crippen LogP contribution in [0.15, 0.2) is 54.6 Å². The number of aliphatic carboxylic acids is 1. The molecule has 0 unspecified atom stereocenters. The van der Waals surface area contributed by atoms with E-state index in [9.17, 15) is 19.8 Å². The number of benzene rings is 2. The lowest BCUT2D eigenvalue weighted by atomic mass is 9.79. The van der Waals surface area contributed by atoms with Gasteiger partial charge in [0.1, 0.15) is 5.75 Å². The summed E-state index contributed by atoms with van der Waals surface area (Å²) in [5.41, 5.74) is 5.18. The average Bonchev–Trinajstić information content (AvgIpc) is 2.95. The van der Waals surface area contributed by atoms with Gasteiger partial charge in [0.25, 0.3) is 0 Å². The maximum Gasteiger partial charge on any atom is 0.310 e. The first-order valence-electron chi connectivity index (χ1n) is 14.3. The summed E-state index contributed by atoms with van der Waals surface area (Å²) in [6, 6.07) is 17.3. The van der Waals surface area contributed by atoms with E-state index >= 15 is 0 Å². The number of pyridine rings is 1. The molecule has 0 saturated carbocycles. The zero-order valence-corrected chi connectivity index (χ0v) is 24.6. The number of nitrogens with zero attached hydrogens (tertiary/aromatic N) is 1. The summed E-state index contributed by atoms with van der Waals surface area (Å²) in [5, 5.41) is 22.4. The van der Waals surface area contributed by atoms with Crippen LogP contribution in [0.5, 0.6) is 5.75 Å². The fourth-order valence-corrected chi connectivity index (χ4v) is 4.86. The number of carbonyl (C=O) groups is 2. The molecule has 0 bridgehead atoms. The van der Waals surface area contributed by atoms with Gasteiger partial charge in [-0.1, -0.05) is 50.3 Å². The van der Waals surface area contributed by atoms with Gasteiger partial charge >= 0.3 is 5.97 Å². The van der Waals surface area contributed by atoms with E-state index in [-0.39, 0.29) is 12.3 Å². The second-order valence-electron chi connectivity index (χ2n) is 10.6. The van der Waals surface area contributed by atoms with Gasteiger partial charge < -0.3 is 20.3 Å². The molecule has 3 aromatic rings. The van der Waals surface area contributed by atoms with Crippen molar-refractivity contribution in [3.63, 3.8) is 0 Å². The fourth-order valence-electron chi connectivity index (χ4n) is 4.86. The molecule has 0 fully saturated rings. The molecule has 0 aliphatic rings. The first kappa shape index (κ1) is 31.6. The quantitative estimate of drug-likeness (QED) is 0.169. The minimum atomic E-state index is -1.05. The molecule has 0 atom stereocenters. The number of anilines is 1. The number of phenolic OH excluding ortho intramolecular Hbond substituents is 1. The Morgan fingerprint density at radius 2 is 1.68 bits per heavy atom. The predicted octanol–water partition coefficient (Wildman–Crippen LogP) is 7.33. The van der Waals surface area contributed by atoms with Gasteiger partial charge in [0, 0.05) is 18.7 Å². The smallest absolute Gasteiger partial charge is 0.310 e. The molecule has 0 radical (unpaired) electrons. The highest BCUT2D eigenvalue weighted by atomic mass is 16.5. The third-order valence-electron chi connectivity index (χ3n) is 7.56. The second kappa shape index (κ2) is 15.1. The maximum atomic E-state index is 12.6. The van der Waals surface area contributed by atoms with Crippen molar-refractivity contribution in [2.24, 2.45) is 5.41 Å². The third kappa shape index (κ3) is 9.29. The van der Waals surface area contributed by atoms with Crippen LogP contribution in [0.25, 0.3) is 12.2 Å². The second-order valence-corrected chi connectivity index (χ2v) is 10.6. The lowest BCUT2D eigenvalue weighted by molar-refractivity contribution is -0.151. The number of nitrogens with one attached hydrogen (secondary N) is 1. The first-order valence-corrected chi connectivity index (χ1v) is 14.3. The van der Waals surface area contributed by atoms with Crippen molar-refractivity contribution in [1.82, 2.24) is 4.98 Å². The van der Waals surface area contributed by atoms with Crippen LogP contribution in [-0.4, -0.2) is 33.7 Å². The van der Waals surface area contributed by atoms with Crippen LogP contribution in [0, 0.1) is 19.3 Å². The highest BCUT2D eigenvalue weighted by Gasteiger charge is 2.37. The van der Waals surface area contributed by atoms with E-state index < -0.39 is 11.4 Å². The number of aryl methyl sites for hydroxylation is 3. The average molecular weight is 559 g/mol. The van der Waals surface area contributed by atoms with Gasteiger partial charge in [-0.15, -0.1) is 0 Å². The molecule has 0 aliphatic heterocycles. The molecule has 1 aromatic heterocycles. The van der Waals surface area contributed by atoms with Gasteiger partial charge in [-0.2, -0.15) is 0 Å². The number of carboxylic acids is 1. The molecule has 0 aliphatic carbocycles. The van der Waals surface area contributed by atoms with Crippen molar-refractivity contribution in [3.05, 3.63) is 88.2 Å². The van der Waals surface area contributed by atoms with Gasteiger partial charge in [0.05, 0.1) is 23.4 Å². The monoisotopic (exact) mass is 558 g/mol. The van der Waals surface area contributed by atoms with Crippen LogP contribution < -0.4 is 5.32 Å². The van der Waals surface area contributed by atoms with Crippen LogP contribution in [0.4, 0.5) is 5.69 Å². The lowest BCUT2D eigenvalue weighted by Gasteiger charge is -2.25. The number of carbonyl (C=O) groups excluding carboxylic acids is 1. The number of carboxylic acid groups (broad SMARTS) is 1. The van der Waals surface area contributed by atoms with E-state index in [4.69, 9.17) is 4.74 Å². The number of aromatic hydroxyl groups is 1. The van der Waals surface area contributed by atoms with Crippen LogP contribution in [-0.2, 0) is 27.4 Å². The lowest BCUT2D eigenvalue weighted by Crippen LogP contribution is -2.34. The Labute approximate surface area is 243 Å². The molecule has 1 amide bonds. The van der Waals surface area contributed by atoms with Crippen LogP contribution in [0.2, 0.25) is 0 Å². The third-order valence-corrected chi connectivity index (χ3v) is 7.56. The number of unbranched alkanes of at least 4 members (excludes halogenated alkanes) is 1. The molecule has 0 spiro atoms. The Morgan fingerprint density at radius 3 is 2.37 bits per heavy atom. The van der Waals surface area contributed by atoms with Crippen LogP contribution >= 0.6 is 0 Å². The molecule has 0 saturated heterocycles. The molecule has 3 rings (SSSR count). The van der Waals surface area contributed by atoms with Crippen molar-refractivity contribution in [3.8, 4) is 5.75 Å². The number of ether oxygens (including phenoxy) is 1. The Hall–Kier alpha value is -3.97.